The molecule has 0 unspecified atom stereocenters. The number of fused-ring (bicyclic) bond motifs is 8. The number of furan rings is 1. The van der Waals surface area contributed by atoms with E-state index in [-0.39, 0.29) is 25.5 Å². The fraction of sp³-hybridized carbons (Fsp3) is 0.241. The van der Waals surface area contributed by atoms with Gasteiger partial charge in [-0.3, -0.25) is 4.98 Å². The van der Waals surface area contributed by atoms with E-state index in [0.717, 1.165) is 54.3 Å². The quantitative estimate of drug-likeness (QED) is 0.0947. The number of hydrogen-bond donors (Lipinski definition) is 0. The number of pyridine rings is 1. The number of hydrogen-bond acceptors (Lipinski definition) is 3. The standard InChI is InChI=1S/C43H39N2O.C15H18GeN.Ir/c1-25(2)34-23-28(43(5,6)7)24-35(26(3)4)40(34)45-37-18-11-10-17-36(37)44-42(45)33-16-12-15-32-39-31-20-19-27-13-8-9-14-29(27)30(31)21-22-38(39)46-41(32)33;1-12-10-15(13-8-6-5-7-9-13)17-11-14(12)16(2,3)4;/h8-15,17-26H,1-7H3;5-8,10-11H,1-4H3;/q2*-1;/i;1D3;. The van der Waals surface area contributed by atoms with Gasteiger partial charge in [-0.15, -0.1) is 18.2 Å². The Hall–Kier alpha value is -5.33. The Bertz CT molecular complexity index is 3420. The van der Waals surface area contributed by atoms with Crippen LogP contribution in [-0.4, -0.2) is 27.8 Å². The van der Waals surface area contributed by atoms with Crippen LogP contribution in [-0.2, 0) is 25.5 Å². The minimum atomic E-state index is -2.27. The predicted molar refractivity (Wildman–Crippen MR) is 271 cm³/mol. The first-order valence-electron chi connectivity index (χ1n) is 23.6. The first-order chi connectivity index (χ1) is 31.3. The second kappa shape index (κ2) is 17.6. The van der Waals surface area contributed by atoms with Crippen molar-refractivity contribution in [1.29, 1.82) is 0 Å². The van der Waals surface area contributed by atoms with Crippen LogP contribution in [0.1, 0.15) is 86.7 Å². The van der Waals surface area contributed by atoms with Crippen LogP contribution in [0.4, 0.5) is 0 Å². The maximum absolute atomic E-state index is 7.78. The van der Waals surface area contributed by atoms with E-state index in [9.17, 15) is 0 Å². The van der Waals surface area contributed by atoms with E-state index in [1.807, 2.05) is 30.3 Å². The minimum Gasteiger partial charge on any atom is 0 e. The molecule has 3 aromatic heterocycles. The van der Waals surface area contributed by atoms with E-state index in [2.05, 4.69) is 178 Å². The molecule has 0 saturated heterocycles. The van der Waals surface area contributed by atoms with Crippen LogP contribution in [0.15, 0.2) is 138 Å². The van der Waals surface area contributed by atoms with Crippen molar-refractivity contribution in [2.75, 3.05) is 0 Å². The Balaban J connectivity index is 0.000000244. The summed E-state index contributed by atoms with van der Waals surface area (Å²) in [7, 11) is 0. The van der Waals surface area contributed by atoms with Crippen LogP contribution in [0.5, 0.6) is 0 Å². The van der Waals surface area contributed by atoms with E-state index in [1.165, 1.54) is 43.9 Å². The number of nitrogens with zero attached hydrogens (tertiary/aromatic N) is 3. The van der Waals surface area contributed by atoms with Crippen LogP contribution in [0, 0.1) is 19.0 Å². The number of para-hydroxylation sites is 2. The molecule has 325 valence electrons. The van der Waals surface area contributed by atoms with Crippen molar-refractivity contribution in [3.8, 4) is 28.3 Å². The Kier molecular flexibility index (Phi) is 11.4. The van der Waals surface area contributed by atoms with Gasteiger partial charge >= 0.3 is 110 Å². The van der Waals surface area contributed by atoms with Gasteiger partial charge in [0, 0.05) is 31.2 Å². The average Bonchev–Trinajstić information content (AvgIpc) is 3.87. The summed E-state index contributed by atoms with van der Waals surface area (Å²) in [4.78, 5) is 9.78. The van der Waals surface area contributed by atoms with Gasteiger partial charge in [0.05, 0.1) is 22.4 Å². The predicted octanol–water partition coefficient (Wildman–Crippen LogP) is 15.6. The van der Waals surface area contributed by atoms with E-state index in [4.69, 9.17) is 13.5 Å². The van der Waals surface area contributed by atoms with Gasteiger partial charge in [0.15, 0.2) is 0 Å². The van der Waals surface area contributed by atoms with Gasteiger partial charge in [-0.05, 0) is 73.7 Å². The molecule has 3 heterocycles. The second-order valence-corrected chi connectivity index (χ2v) is 30.1. The summed E-state index contributed by atoms with van der Waals surface area (Å²) in [6.45, 7) is 14.0. The molecule has 6 heteroatoms. The molecule has 4 nitrogen and oxygen atoms in total. The molecule has 7 aromatic carbocycles. The van der Waals surface area contributed by atoms with E-state index < -0.39 is 20.1 Å². The third kappa shape index (κ3) is 8.28. The van der Waals surface area contributed by atoms with Gasteiger partial charge < -0.3 is 8.98 Å². The van der Waals surface area contributed by atoms with Gasteiger partial charge in [0.25, 0.3) is 0 Å². The van der Waals surface area contributed by atoms with Gasteiger partial charge in [-0.25, -0.2) is 0 Å². The number of aryl methyl sites for hydroxylation is 1. The van der Waals surface area contributed by atoms with Crippen molar-refractivity contribution in [3.05, 3.63) is 168 Å². The Labute approximate surface area is 399 Å². The zero-order valence-electron chi connectivity index (χ0n) is 41.4. The topological polar surface area (TPSA) is 43.9 Å². The monoisotopic (exact) mass is 1080 g/mol. The molecule has 0 bridgehead atoms. The largest absolute Gasteiger partial charge is 0 e. The molecular formula is C58H57GeIrN3O-2. The fourth-order valence-electron chi connectivity index (χ4n) is 8.92. The third-order valence-corrected chi connectivity index (χ3v) is 16.5. The van der Waals surface area contributed by atoms with E-state index in [1.54, 1.807) is 12.3 Å². The Morgan fingerprint density at radius 2 is 1.42 bits per heavy atom. The SMILES string of the molecule is CC(C)c1cc(C(C)(C)C)cc(C(C)C)c1-n1c(-c2[c-]ccc3c2oc2ccc4c5ccccc5ccc4c23)nc2ccccc21.[2H]C([2H])([2H])c1cc(-c2[c-]cccc2)nc[c]1[Ge]([CH3])([CH3])[CH3].[Ir]. The number of rotatable bonds is 6. The molecule has 0 aliphatic rings. The fourth-order valence-corrected chi connectivity index (χ4v) is 11.7. The molecule has 0 aliphatic carbocycles. The molecule has 0 N–H and O–H groups in total. The number of imidazole rings is 1. The first kappa shape index (κ1) is 41.4. The van der Waals surface area contributed by atoms with Crippen LogP contribution in [0.25, 0.3) is 82.8 Å². The third-order valence-electron chi connectivity index (χ3n) is 12.3. The van der Waals surface area contributed by atoms with E-state index in [0.29, 0.717) is 23.1 Å². The van der Waals surface area contributed by atoms with E-state index >= 15 is 0 Å². The Morgan fingerprint density at radius 3 is 2.11 bits per heavy atom. The minimum absolute atomic E-state index is 0. The molecule has 10 aromatic rings. The number of benzene rings is 7. The maximum atomic E-state index is 7.78. The van der Waals surface area contributed by atoms with Crippen molar-refractivity contribution >= 4 is 72.2 Å². The summed E-state index contributed by atoms with van der Waals surface area (Å²) in [6.07, 6.45) is 1.76. The molecule has 0 fully saturated rings. The second-order valence-electron chi connectivity index (χ2n) is 19.5. The van der Waals surface area contributed by atoms with Crippen molar-refractivity contribution in [2.24, 2.45) is 0 Å². The first-order valence-corrected chi connectivity index (χ1v) is 29.5. The van der Waals surface area contributed by atoms with Crippen LogP contribution in [0.2, 0.25) is 17.3 Å². The molecule has 0 amide bonds. The Morgan fingerprint density at radius 1 is 0.719 bits per heavy atom. The van der Waals surface area contributed by atoms with Crippen molar-refractivity contribution in [3.63, 3.8) is 0 Å². The average molecular weight is 1080 g/mol. The zero-order chi connectivity index (χ0) is 46.9. The summed E-state index contributed by atoms with van der Waals surface area (Å²) in [6, 6.07) is 50.7. The molecule has 0 atom stereocenters. The smallest absolute Gasteiger partial charge is 0 e. The van der Waals surface area contributed by atoms with Crippen LogP contribution >= 0.6 is 0 Å². The maximum Gasteiger partial charge on any atom is 0 e. The summed E-state index contributed by atoms with van der Waals surface area (Å²) in [5, 5.41) is 7.14. The number of aromatic nitrogens is 3. The van der Waals surface area contributed by atoms with Gasteiger partial charge in [0.2, 0.25) is 0 Å². The molecule has 1 radical (unpaired) electrons. The summed E-state index contributed by atoms with van der Waals surface area (Å²) in [5.41, 5.74) is 11.8. The van der Waals surface area contributed by atoms with Gasteiger partial charge in [-0.2, -0.15) is 0 Å². The summed E-state index contributed by atoms with van der Waals surface area (Å²) >= 11 is -2.27. The molecule has 0 aliphatic heterocycles. The molecular weight excluding hydrogens is 1020 g/mol. The van der Waals surface area contributed by atoms with Crippen LogP contribution in [0.3, 0.4) is 0 Å². The molecule has 0 saturated carbocycles. The van der Waals surface area contributed by atoms with Crippen LogP contribution < -0.4 is 4.40 Å². The molecule has 0 spiro atoms. The molecule has 64 heavy (non-hydrogen) atoms. The zero-order valence-corrected chi connectivity index (χ0v) is 42.9. The van der Waals surface area contributed by atoms with Crippen molar-refractivity contribution in [2.45, 2.75) is 89.8 Å². The van der Waals surface area contributed by atoms with Crippen molar-refractivity contribution < 1.29 is 28.6 Å². The summed E-state index contributed by atoms with van der Waals surface area (Å²) < 4.78 is 33.4. The van der Waals surface area contributed by atoms with Gasteiger partial charge in [-0.1, -0.05) is 126 Å². The van der Waals surface area contributed by atoms with Crippen molar-refractivity contribution in [1.82, 2.24) is 14.5 Å². The normalized spacial score (nSPS) is 13.0. The molecule has 10 rings (SSSR count). The summed E-state index contributed by atoms with van der Waals surface area (Å²) in [5.74, 6) is 8.03. The van der Waals surface area contributed by atoms with Gasteiger partial charge in [0.1, 0.15) is 5.58 Å².